The number of carboxylic acids is 1. The number of nitrogens with zero attached hydrogens (tertiary/aromatic N) is 8. The van der Waals surface area contributed by atoms with E-state index in [1.165, 1.54) is 0 Å². The lowest BCUT2D eigenvalue weighted by Gasteiger charge is -2.25. The van der Waals surface area contributed by atoms with Crippen molar-refractivity contribution in [2.24, 2.45) is 7.05 Å². The van der Waals surface area contributed by atoms with Gasteiger partial charge in [0, 0.05) is 54.7 Å². The van der Waals surface area contributed by atoms with Crippen LogP contribution in [0, 0.1) is 0 Å². The van der Waals surface area contributed by atoms with E-state index < -0.39 is 12.1 Å². The van der Waals surface area contributed by atoms with Crippen LogP contribution in [0.25, 0.3) is 27.7 Å². The minimum atomic E-state index is -5.08. The standard InChI is InChI=1S/C24H23N9O.C2HF3O2/c1-31-15-18(14-27-31)21-4-2-3-17-13-25-23(29-22(17)21)28-19-5-7-20(8-6-19)33-16-26-24(30-33)32-9-11-34-12-10-32;3-2(4,5)1(6)7/h2-8,13-16H,9-12H2,1H3,(H,25,28,29);(H,6,7). The highest BCUT2D eigenvalue weighted by Crippen LogP contribution is 2.28. The van der Waals surface area contributed by atoms with Gasteiger partial charge in [0.2, 0.25) is 11.9 Å². The maximum Gasteiger partial charge on any atom is 0.490 e. The predicted molar refractivity (Wildman–Crippen MR) is 143 cm³/mol. The number of ether oxygens (including phenoxy) is 1. The number of anilines is 3. The van der Waals surface area contributed by atoms with E-state index in [1.807, 2.05) is 68.1 Å². The van der Waals surface area contributed by atoms with E-state index in [1.54, 1.807) is 15.7 Å². The van der Waals surface area contributed by atoms with E-state index in [0.29, 0.717) is 19.2 Å². The molecule has 12 nitrogen and oxygen atoms in total. The number of hydrogen-bond acceptors (Lipinski definition) is 9. The van der Waals surface area contributed by atoms with Crippen LogP contribution in [0.5, 0.6) is 0 Å². The molecule has 3 aromatic heterocycles. The van der Waals surface area contributed by atoms with Crippen molar-refractivity contribution in [2.75, 3.05) is 36.5 Å². The van der Waals surface area contributed by atoms with Crippen LogP contribution in [0.15, 0.2) is 67.4 Å². The Bertz CT molecular complexity index is 1650. The largest absolute Gasteiger partial charge is 0.490 e. The van der Waals surface area contributed by atoms with Gasteiger partial charge in [-0.25, -0.2) is 19.4 Å². The fourth-order valence-corrected chi connectivity index (χ4v) is 4.02. The Kier molecular flexibility index (Phi) is 7.78. The monoisotopic (exact) mass is 567 g/mol. The third-order valence-corrected chi connectivity index (χ3v) is 6.03. The molecular formula is C26H24F3N9O3. The number of aliphatic carboxylic acids is 1. The summed E-state index contributed by atoms with van der Waals surface area (Å²) in [4.78, 5) is 24.8. The van der Waals surface area contributed by atoms with Crippen molar-refractivity contribution < 1.29 is 27.8 Å². The Hall–Kier alpha value is -5.05. The van der Waals surface area contributed by atoms with Crippen LogP contribution in [-0.4, -0.2) is 78.1 Å². The molecule has 212 valence electrons. The summed E-state index contributed by atoms with van der Waals surface area (Å²) < 4.78 is 40.7. The lowest BCUT2D eigenvalue weighted by molar-refractivity contribution is -0.192. The van der Waals surface area contributed by atoms with E-state index in [-0.39, 0.29) is 0 Å². The van der Waals surface area contributed by atoms with Crippen molar-refractivity contribution in [3.8, 4) is 16.8 Å². The average molecular weight is 568 g/mol. The molecule has 0 radical (unpaired) electrons. The van der Waals surface area contributed by atoms with Crippen LogP contribution in [0.1, 0.15) is 0 Å². The van der Waals surface area contributed by atoms with Gasteiger partial charge in [-0.3, -0.25) is 4.68 Å². The number of fused-ring (bicyclic) bond motifs is 1. The highest BCUT2D eigenvalue weighted by Gasteiger charge is 2.38. The minimum Gasteiger partial charge on any atom is -0.475 e. The van der Waals surface area contributed by atoms with E-state index >= 15 is 0 Å². The molecule has 2 N–H and O–H groups in total. The number of nitrogens with one attached hydrogen (secondary N) is 1. The van der Waals surface area contributed by atoms with Crippen LogP contribution in [0.2, 0.25) is 0 Å². The SMILES string of the molecule is Cn1cc(-c2cccc3cnc(Nc4ccc(-n5cnc(N6CCOCC6)n5)cc4)nc23)cn1.O=C(O)C(F)(F)F. The number of halogens is 3. The Morgan fingerprint density at radius 3 is 2.44 bits per heavy atom. The molecule has 4 heterocycles. The second kappa shape index (κ2) is 11.6. The van der Waals surface area contributed by atoms with Crippen molar-refractivity contribution >= 4 is 34.5 Å². The number of benzene rings is 2. The zero-order valence-corrected chi connectivity index (χ0v) is 21.7. The molecule has 15 heteroatoms. The van der Waals surface area contributed by atoms with E-state index in [4.69, 9.17) is 19.6 Å². The molecule has 1 aliphatic rings. The van der Waals surface area contributed by atoms with Crippen LogP contribution < -0.4 is 10.2 Å². The number of para-hydroxylation sites is 1. The van der Waals surface area contributed by atoms with Crippen molar-refractivity contribution in [3.63, 3.8) is 0 Å². The van der Waals surface area contributed by atoms with Crippen molar-refractivity contribution in [1.82, 2.24) is 34.5 Å². The van der Waals surface area contributed by atoms with Crippen LogP contribution >= 0.6 is 0 Å². The van der Waals surface area contributed by atoms with Crippen LogP contribution in [0.4, 0.5) is 30.8 Å². The minimum absolute atomic E-state index is 0.534. The second-order valence-electron chi connectivity index (χ2n) is 8.90. The van der Waals surface area contributed by atoms with E-state index in [0.717, 1.165) is 52.4 Å². The first-order chi connectivity index (χ1) is 19.7. The Balaban J connectivity index is 0.000000431. The van der Waals surface area contributed by atoms with Crippen molar-refractivity contribution in [3.05, 3.63) is 67.4 Å². The summed E-state index contributed by atoms with van der Waals surface area (Å²) in [6.07, 6.45) is 2.32. The molecule has 0 bridgehead atoms. The van der Waals surface area contributed by atoms with Gasteiger partial charge in [0.25, 0.3) is 0 Å². The molecular weight excluding hydrogens is 543 g/mol. The highest BCUT2D eigenvalue weighted by molar-refractivity contribution is 5.93. The molecule has 0 amide bonds. The fourth-order valence-electron chi connectivity index (χ4n) is 4.02. The summed E-state index contributed by atoms with van der Waals surface area (Å²) in [7, 11) is 1.91. The topological polar surface area (TPSA) is 136 Å². The summed E-state index contributed by atoms with van der Waals surface area (Å²) in [6.45, 7) is 3.02. The first kappa shape index (κ1) is 27.5. The zero-order chi connectivity index (χ0) is 29.0. The number of morpholine rings is 1. The number of aryl methyl sites for hydroxylation is 1. The summed E-state index contributed by atoms with van der Waals surface area (Å²) in [6, 6.07) is 14.0. The van der Waals surface area contributed by atoms with Gasteiger partial charge in [0.15, 0.2) is 0 Å². The van der Waals surface area contributed by atoms with Gasteiger partial charge in [0.05, 0.1) is 30.6 Å². The number of carboxylic acid groups (broad SMARTS) is 1. The smallest absolute Gasteiger partial charge is 0.475 e. The second-order valence-corrected chi connectivity index (χ2v) is 8.90. The normalized spacial score (nSPS) is 13.5. The summed E-state index contributed by atoms with van der Waals surface area (Å²) in [5.74, 6) is -1.50. The van der Waals surface area contributed by atoms with Crippen LogP contribution in [-0.2, 0) is 16.6 Å². The number of hydrogen-bond donors (Lipinski definition) is 2. The molecule has 5 aromatic rings. The number of alkyl halides is 3. The summed E-state index contributed by atoms with van der Waals surface area (Å²) >= 11 is 0. The lowest BCUT2D eigenvalue weighted by atomic mass is 10.1. The van der Waals surface area contributed by atoms with Gasteiger partial charge in [-0.1, -0.05) is 18.2 Å². The van der Waals surface area contributed by atoms with Gasteiger partial charge >= 0.3 is 12.1 Å². The molecule has 0 atom stereocenters. The fraction of sp³-hybridized carbons (Fsp3) is 0.231. The third-order valence-electron chi connectivity index (χ3n) is 6.03. The first-order valence-corrected chi connectivity index (χ1v) is 12.3. The molecule has 1 saturated heterocycles. The molecule has 1 fully saturated rings. The first-order valence-electron chi connectivity index (χ1n) is 12.3. The number of rotatable bonds is 5. The van der Waals surface area contributed by atoms with Gasteiger partial charge in [-0.05, 0) is 24.3 Å². The molecule has 0 saturated carbocycles. The molecule has 0 spiro atoms. The predicted octanol–water partition coefficient (Wildman–Crippen LogP) is 3.82. The highest BCUT2D eigenvalue weighted by atomic mass is 19.4. The van der Waals surface area contributed by atoms with Crippen molar-refractivity contribution in [2.45, 2.75) is 6.18 Å². The lowest BCUT2D eigenvalue weighted by Crippen LogP contribution is -2.37. The number of aromatic nitrogens is 7. The average Bonchev–Trinajstić information content (AvgIpc) is 3.63. The van der Waals surface area contributed by atoms with Crippen LogP contribution in [0.3, 0.4) is 0 Å². The molecule has 41 heavy (non-hydrogen) atoms. The van der Waals surface area contributed by atoms with Crippen molar-refractivity contribution in [1.29, 1.82) is 0 Å². The third kappa shape index (κ3) is 6.58. The molecule has 0 aliphatic carbocycles. The maximum atomic E-state index is 10.6. The van der Waals surface area contributed by atoms with Gasteiger partial charge in [-0.15, -0.1) is 5.10 Å². The molecule has 6 rings (SSSR count). The van der Waals surface area contributed by atoms with Gasteiger partial charge in [-0.2, -0.15) is 23.3 Å². The van der Waals surface area contributed by atoms with Gasteiger partial charge < -0.3 is 20.1 Å². The summed E-state index contributed by atoms with van der Waals surface area (Å²) in [5.41, 5.74) is 4.73. The Morgan fingerprint density at radius 1 is 1.05 bits per heavy atom. The zero-order valence-electron chi connectivity index (χ0n) is 21.7. The van der Waals surface area contributed by atoms with E-state index in [2.05, 4.69) is 30.4 Å². The Morgan fingerprint density at radius 2 is 1.78 bits per heavy atom. The molecule has 1 aliphatic heterocycles. The Labute approximate surface area is 231 Å². The molecule has 0 unspecified atom stereocenters. The summed E-state index contributed by atoms with van der Waals surface area (Å²) in [5, 5.41) is 20.3. The van der Waals surface area contributed by atoms with E-state index in [9.17, 15) is 13.2 Å². The maximum absolute atomic E-state index is 10.6. The number of carbonyl (C=O) groups is 1. The van der Waals surface area contributed by atoms with Gasteiger partial charge in [0.1, 0.15) is 6.33 Å². The molecule has 2 aromatic carbocycles. The quantitative estimate of drug-likeness (QED) is 0.323.